The van der Waals surface area contributed by atoms with Crippen molar-refractivity contribution < 1.29 is 23.8 Å². The summed E-state index contributed by atoms with van der Waals surface area (Å²) in [5, 5.41) is 9.14. The van der Waals surface area contributed by atoms with Gasteiger partial charge in [-0.2, -0.15) is 0 Å². The molecule has 0 radical (unpaired) electrons. The Morgan fingerprint density at radius 3 is 2.68 bits per heavy atom. The van der Waals surface area contributed by atoms with Gasteiger partial charge >= 0.3 is 5.97 Å². The molecule has 1 N–H and O–H groups in total. The second-order valence-electron chi connectivity index (χ2n) is 4.55. The number of nitrogens with zero attached hydrogens (tertiary/aromatic N) is 1. The van der Waals surface area contributed by atoms with Gasteiger partial charge in [0.15, 0.2) is 5.76 Å². The minimum atomic E-state index is -0.940. The number of carbonyl (C=O) groups excluding carboxylic acids is 1. The number of rotatable bonds is 4. The molecule has 1 amide bonds. The molecule has 1 fully saturated rings. The van der Waals surface area contributed by atoms with Crippen LogP contribution in [0.2, 0.25) is 0 Å². The van der Waals surface area contributed by atoms with Gasteiger partial charge in [-0.25, -0.2) is 0 Å². The molecule has 0 bridgehead atoms. The standard InChI is InChI=1S/C13H17NO5/c1-3-14(10-7-18-6-9(10)13(16)17)12(15)11-5-4-8(2)19-11/h4-5,9-10H,3,6-7H2,1-2H3,(H,16,17). The quantitative estimate of drug-likeness (QED) is 0.885. The molecule has 1 aromatic heterocycles. The van der Waals surface area contributed by atoms with E-state index < -0.39 is 17.9 Å². The fraction of sp³-hybridized carbons (Fsp3) is 0.538. The molecule has 1 aliphatic rings. The van der Waals surface area contributed by atoms with E-state index in [1.807, 2.05) is 6.92 Å². The molecule has 1 aromatic rings. The molecule has 19 heavy (non-hydrogen) atoms. The molecule has 2 unspecified atom stereocenters. The third kappa shape index (κ3) is 2.63. The van der Waals surface area contributed by atoms with Crippen LogP contribution in [0.15, 0.2) is 16.5 Å². The van der Waals surface area contributed by atoms with E-state index in [0.717, 1.165) is 0 Å². The summed E-state index contributed by atoms with van der Waals surface area (Å²) in [7, 11) is 0. The molecule has 0 aromatic carbocycles. The highest BCUT2D eigenvalue weighted by Gasteiger charge is 2.40. The number of likely N-dealkylation sites (N-methyl/N-ethyl adjacent to an activating group) is 1. The van der Waals surface area contributed by atoms with E-state index in [4.69, 9.17) is 14.3 Å². The highest BCUT2D eigenvalue weighted by atomic mass is 16.5. The van der Waals surface area contributed by atoms with E-state index in [9.17, 15) is 9.59 Å². The number of hydrogen-bond donors (Lipinski definition) is 1. The lowest BCUT2D eigenvalue weighted by atomic mass is 10.0. The summed E-state index contributed by atoms with van der Waals surface area (Å²) >= 11 is 0. The van der Waals surface area contributed by atoms with Crippen molar-refractivity contribution in [3.8, 4) is 0 Å². The number of aliphatic carboxylic acids is 1. The maximum atomic E-state index is 12.3. The third-order valence-corrected chi connectivity index (χ3v) is 3.32. The molecule has 1 aliphatic heterocycles. The minimum absolute atomic E-state index is 0.140. The van der Waals surface area contributed by atoms with Crippen LogP contribution in [0.4, 0.5) is 0 Å². The first-order chi connectivity index (χ1) is 9.04. The number of carbonyl (C=O) groups is 2. The number of carboxylic acids is 1. The number of hydrogen-bond acceptors (Lipinski definition) is 4. The van der Waals surface area contributed by atoms with Gasteiger partial charge < -0.3 is 19.2 Å². The maximum Gasteiger partial charge on any atom is 0.311 e. The summed E-state index contributed by atoms with van der Waals surface area (Å²) in [4.78, 5) is 25.0. The lowest BCUT2D eigenvalue weighted by Crippen LogP contribution is -2.46. The van der Waals surface area contributed by atoms with Crippen LogP contribution in [0.3, 0.4) is 0 Å². The van der Waals surface area contributed by atoms with Crippen molar-refractivity contribution in [3.05, 3.63) is 23.7 Å². The third-order valence-electron chi connectivity index (χ3n) is 3.32. The summed E-state index contributed by atoms with van der Waals surface area (Å²) in [5.41, 5.74) is 0. The van der Waals surface area contributed by atoms with E-state index in [1.165, 1.54) is 4.90 Å². The second-order valence-corrected chi connectivity index (χ2v) is 4.55. The lowest BCUT2D eigenvalue weighted by Gasteiger charge is -2.28. The number of furan rings is 1. The number of amides is 1. The molecule has 104 valence electrons. The Morgan fingerprint density at radius 1 is 1.42 bits per heavy atom. The molecule has 6 nitrogen and oxygen atoms in total. The summed E-state index contributed by atoms with van der Waals surface area (Å²) in [5.74, 6) is -1.03. The number of carboxylic acid groups (broad SMARTS) is 1. The Morgan fingerprint density at radius 2 is 2.16 bits per heavy atom. The number of ether oxygens (including phenoxy) is 1. The van der Waals surface area contributed by atoms with Crippen LogP contribution >= 0.6 is 0 Å². The fourth-order valence-electron chi connectivity index (χ4n) is 2.31. The molecule has 1 saturated heterocycles. The van der Waals surface area contributed by atoms with Crippen LogP contribution in [-0.2, 0) is 9.53 Å². The first-order valence-electron chi connectivity index (χ1n) is 6.22. The van der Waals surface area contributed by atoms with E-state index in [0.29, 0.717) is 12.3 Å². The first-order valence-corrected chi connectivity index (χ1v) is 6.22. The van der Waals surface area contributed by atoms with Crippen LogP contribution in [-0.4, -0.2) is 47.7 Å². The van der Waals surface area contributed by atoms with Gasteiger partial charge in [0.1, 0.15) is 11.7 Å². The van der Waals surface area contributed by atoms with Crippen molar-refractivity contribution in [1.29, 1.82) is 0 Å². The molecule has 2 atom stereocenters. The van der Waals surface area contributed by atoms with E-state index >= 15 is 0 Å². The summed E-state index contributed by atoms with van der Waals surface area (Å²) in [6, 6.07) is 2.87. The average Bonchev–Trinajstić information content (AvgIpc) is 2.98. The molecule has 2 rings (SSSR count). The molecule has 6 heteroatoms. The molecule has 0 spiro atoms. The van der Waals surface area contributed by atoms with Gasteiger partial charge in [0.25, 0.3) is 5.91 Å². The van der Waals surface area contributed by atoms with Crippen LogP contribution in [0.1, 0.15) is 23.2 Å². The van der Waals surface area contributed by atoms with Crippen molar-refractivity contribution >= 4 is 11.9 Å². The van der Waals surface area contributed by atoms with Crippen LogP contribution in [0.25, 0.3) is 0 Å². The highest BCUT2D eigenvalue weighted by molar-refractivity contribution is 5.92. The highest BCUT2D eigenvalue weighted by Crippen LogP contribution is 2.22. The van der Waals surface area contributed by atoms with Crippen LogP contribution in [0, 0.1) is 12.8 Å². The summed E-state index contributed by atoms with van der Waals surface area (Å²) in [6.45, 7) is 4.37. The monoisotopic (exact) mass is 267 g/mol. The van der Waals surface area contributed by atoms with E-state index in [2.05, 4.69) is 0 Å². The van der Waals surface area contributed by atoms with Crippen LogP contribution in [0.5, 0.6) is 0 Å². The Balaban J connectivity index is 2.20. The van der Waals surface area contributed by atoms with Gasteiger partial charge in [-0.1, -0.05) is 0 Å². The van der Waals surface area contributed by atoms with Crippen molar-refractivity contribution in [2.45, 2.75) is 19.9 Å². The van der Waals surface area contributed by atoms with Crippen LogP contribution < -0.4 is 0 Å². The zero-order valence-corrected chi connectivity index (χ0v) is 11.0. The lowest BCUT2D eigenvalue weighted by molar-refractivity contribution is -0.142. The Hall–Kier alpha value is -1.82. The maximum absolute atomic E-state index is 12.3. The molecular weight excluding hydrogens is 250 g/mol. The first kappa shape index (κ1) is 13.6. The Bertz CT molecular complexity index is 481. The topological polar surface area (TPSA) is 80.0 Å². The minimum Gasteiger partial charge on any atom is -0.481 e. The second kappa shape index (κ2) is 5.44. The molecule has 0 aliphatic carbocycles. The largest absolute Gasteiger partial charge is 0.481 e. The van der Waals surface area contributed by atoms with Crippen molar-refractivity contribution in [1.82, 2.24) is 4.90 Å². The van der Waals surface area contributed by atoms with Crippen molar-refractivity contribution in [2.75, 3.05) is 19.8 Å². The van der Waals surface area contributed by atoms with Crippen molar-refractivity contribution in [3.63, 3.8) is 0 Å². The van der Waals surface area contributed by atoms with Gasteiger partial charge in [0.05, 0.1) is 19.3 Å². The SMILES string of the molecule is CCN(C(=O)c1ccc(C)o1)C1COCC1C(=O)O. The smallest absolute Gasteiger partial charge is 0.311 e. The average molecular weight is 267 g/mol. The fourth-order valence-corrected chi connectivity index (χ4v) is 2.31. The van der Waals surface area contributed by atoms with E-state index in [1.54, 1.807) is 19.1 Å². The Kier molecular flexibility index (Phi) is 3.90. The van der Waals surface area contributed by atoms with Gasteiger partial charge in [-0.3, -0.25) is 9.59 Å². The van der Waals surface area contributed by atoms with Gasteiger partial charge in [-0.15, -0.1) is 0 Å². The molecule has 2 heterocycles. The summed E-state index contributed by atoms with van der Waals surface area (Å²) in [6.07, 6.45) is 0. The Labute approximate surface area is 110 Å². The van der Waals surface area contributed by atoms with Gasteiger partial charge in [-0.05, 0) is 26.0 Å². The van der Waals surface area contributed by atoms with Gasteiger partial charge in [0.2, 0.25) is 0 Å². The predicted octanol–water partition coefficient (Wildman–Crippen LogP) is 1.15. The normalized spacial score (nSPS) is 22.4. The summed E-state index contributed by atoms with van der Waals surface area (Å²) < 4.78 is 10.5. The van der Waals surface area contributed by atoms with E-state index in [-0.39, 0.29) is 24.9 Å². The molecule has 0 saturated carbocycles. The van der Waals surface area contributed by atoms with Crippen molar-refractivity contribution in [2.24, 2.45) is 5.92 Å². The number of aryl methyl sites for hydroxylation is 1. The van der Waals surface area contributed by atoms with Gasteiger partial charge in [0, 0.05) is 6.54 Å². The zero-order chi connectivity index (χ0) is 14.0. The predicted molar refractivity (Wildman–Crippen MR) is 65.9 cm³/mol. The zero-order valence-electron chi connectivity index (χ0n) is 11.0. The molecular formula is C13H17NO5.